The summed E-state index contributed by atoms with van der Waals surface area (Å²) in [5.41, 5.74) is 0.542. The van der Waals surface area contributed by atoms with Gasteiger partial charge in [0.05, 0.1) is 10.5 Å². The van der Waals surface area contributed by atoms with E-state index in [0.29, 0.717) is 9.99 Å². The first-order valence-electron chi connectivity index (χ1n) is 7.22. The second-order valence-electron chi connectivity index (χ2n) is 5.80. The lowest BCUT2D eigenvalue weighted by atomic mass is 10.1. The largest absolute Gasteiger partial charge is 0.416 e. The van der Waals surface area contributed by atoms with Crippen molar-refractivity contribution < 1.29 is 21.6 Å². The Morgan fingerprint density at radius 2 is 1.72 bits per heavy atom. The molecule has 0 fully saturated rings. The van der Waals surface area contributed by atoms with Crippen molar-refractivity contribution in [3.63, 3.8) is 0 Å². The van der Waals surface area contributed by atoms with E-state index in [1.54, 1.807) is 13.0 Å². The summed E-state index contributed by atoms with van der Waals surface area (Å²) in [5.74, 6) is 0. The van der Waals surface area contributed by atoms with Gasteiger partial charge in [0.2, 0.25) is 9.84 Å². The van der Waals surface area contributed by atoms with E-state index in [1.165, 1.54) is 25.1 Å². The Morgan fingerprint density at radius 1 is 1.04 bits per heavy atom. The third-order valence-corrected chi connectivity index (χ3v) is 6.19. The standard InChI is InChI=1S/C17H13BrF3NO2S/c1-9-5-12(18)8-13(6-9)25(23,24)16-10(2)14-7-11(17(19,20)21)3-4-15(14)22-16/h3-8,22H,1-2H3. The smallest absolute Gasteiger partial charge is 0.345 e. The Kier molecular flexibility index (Phi) is 4.23. The number of nitrogens with one attached hydrogen (secondary N) is 1. The second-order valence-corrected chi connectivity index (χ2v) is 8.61. The number of rotatable bonds is 2. The zero-order valence-corrected chi connectivity index (χ0v) is 15.6. The summed E-state index contributed by atoms with van der Waals surface area (Å²) in [6.45, 7) is 3.26. The van der Waals surface area contributed by atoms with Gasteiger partial charge in [-0.25, -0.2) is 8.42 Å². The van der Waals surface area contributed by atoms with E-state index in [4.69, 9.17) is 0 Å². The molecule has 3 aromatic rings. The third-order valence-electron chi connectivity index (χ3n) is 3.93. The fraction of sp³-hybridized carbons (Fsp3) is 0.176. The van der Waals surface area contributed by atoms with Crippen molar-refractivity contribution in [2.45, 2.75) is 29.9 Å². The van der Waals surface area contributed by atoms with Crippen molar-refractivity contribution in [3.05, 3.63) is 57.6 Å². The SMILES string of the molecule is Cc1cc(Br)cc(S(=O)(=O)c2[nH]c3ccc(C(F)(F)F)cc3c2C)c1. The van der Waals surface area contributed by atoms with Crippen LogP contribution >= 0.6 is 15.9 Å². The molecule has 0 aliphatic carbocycles. The average Bonchev–Trinajstić information content (AvgIpc) is 2.83. The molecule has 0 saturated heterocycles. The number of benzene rings is 2. The minimum atomic E-state index is -4.49. The Balaban J connectivity index is 2.23. The molecule has 1 heterocycles. The van der Waals surface area contributed by atoms with E-state index in [0.717, 1.165) is 17.7 Å². The summed E-state index contributed by atoms with van der Waals surface area (Å²) in [6.07, 6.45) is -4.49. The van der Waals surface area contributed by atoms with Gasteiger partial charge in [-0.05, 0) is 61.4 Å². The normalized spacial score (nSPS) is 12.7. The van der Waals surface area contributed by atoms with Gasteiger partial charge in [-0.1, -0.05) is 15.9 Å². The molecule has 2 aromatic carbocycles. The summed E-state index contributed by atoms with van der Waals surface area (Å²) in [7, 11) is -3.89. The minimum absolute atomic E-state index is 0.0741. The first-order valence-corrected chi connectivity index (χ1v) is 9.49. The fourth-order valence-corrected chi connectivity index (χ4v) is 5.10. The van der Waals surface area contributed by atoms with Gasteiger partial charge in [0.15, 0.2) is 0 Å². The molecule has 8 heteroatoms. The Hall–Kier alpha value is -1.80. The summed E-state index contributed by atoms with van der Waals surface area (Å²) < 4.78 is 65.2. The van der Waals surface area contributed by atoms with Crippen LogP contribution in [-0.2, 0) is 16.0 Å². The van der Waals surface area contributed by atoms with Crippen molar-refractivity contribution in [2.75, 3.05) is 0 Å². The van der Waals surface area contributed by atoms with E-state index in [1.807, 2.05) is 0 Å². The van der Waals surface area contributed by atoms with Crippen LogP contribution in [0.1, 0.15) is 16.7 Å². The van der Waals surface area contributed by atoms with Crippen LogP contribution in [0, 0.1) is 13.8 Å². The highest BCUT2D eigenvalue weighted by Crippen LogP contribution is 2.35. The van der Waals surface area contributed by atoms with Crippen LogP contribution in [-0.4, -0.2) is 13.4 Å². The van der Waals surface area contributed by atoms with Gasteiger partial charge in [-0.2, -0.15) is 13.2 Å². The van der Waals surface area contributed by atoms with Crippen LogP contribution in [0.3, 0.4) is 0 Å². The van der Waals surface area contributed by atoms with E-state index in [-0.39, 0.29) is 20.9 Å². The van der Waals surface area contributed by atoms with Crippen LogP contribution in [0.15, 0.2) is 50.8 Å². The molecule has 0 bridgehead atoms. The Labute approximate surface area is 150 Å². The lowest BCUT2D eigenvalue weighted by molar-refractivity contribution is -0.137. The molecular formula is C17H13BrF3NO2S. The van der Waals surface area contributed by atoms with Crippen molar-refractivity contribution in [1.29, 1.82) is 0 Å². The number of aromatic amines is 1. The topological polar surface area (TPSA) is 49.9 Å². The van der Waals surface area contributed by atoms with Gasteiger partial charge in [0.25, 0.3) is 0 Å². The van der Waals surface area contributed by atoms with Crippen LogP contribution in [0.2, 0.25) is 0 Å². The Morgan fingerprint density at radius 3 is 2.32 bits per heavy atom. The highest BCUT2D eigenvalue weighted by atomic mass is 79.9. The van der Waals surface area contributed by atoms with E-state index in [9.17, 15) is 21.6 Å². The van der Waals surface area contributed by atoms with Gasteiger partial charge < -0.3 is 4.98 Å². The zero-order chi connectivity index (χ0) is 18.6. The third kappa shape index (κ3) is 3.20. The summed E-state index contributed by atoms with van der Waals surface area (Å²) in [4.78, 5) is 2.82. The molecule has 0 saturated carbocycles. The lowest BCUT2D eigenvalue weighted by Gasteiger charge is -2.06. The number of hydrogen-bond acceptors (Lipinski definition) is 2. The molecule has 0 radical (unpaired) electrons. The summed E-state index contributed by atoms with van der Waals surface area (Å²) in [6, 6.07) is 7.90. The molecule has 1 N–H and O–H groups in total. The second kappa shape index (κ2) is 5.88. The van der Waals surface area contributed by atoms with E-state index >= 15 is 0 Å². The summed E-state index contributed by atoms with van der Waals surface area (Å²) >= 11 is 3.26. The quantitative estimate of drug-likeness (QED) is 0.590. The average molecular weight is 432 g/mol. The van der Waals surface area contributed by atoms with E-state index in [2.05, 4.69) is 20.9 Å². The highest BCUT2D eigenvalue weighted by molar-refractivity contribution is 9.10. The summed E-state index contributed by atoms with van der Waals surface area (Å²) in [5, 5.41) is 0.138. The number of hydrogen-bond donors (Lipinski definition) is 1. The zero-order valence-electron chi connectivity index (χ0n) is 13.2. The van der Waals surface area contributed by atoms with Crippen molar-refractivity contribution in [2.24, 2.45) is 0 Å². The maximum absolute atomic E-state index is 12.9. The molecule has 0 atom stereocenters. The van der Waals surface area contributed by atoms with Gasteiger partial charge >= 0.3 is 6.18 Å². The number of alkyl halides is 3. The van der Waals surface area contributed by atoms with E-state index < -0.39 is 21.6 Å². The number of halogens is 4. The number of sulfone groups is 1. The number of H-pyrrole nitrogens is 1. The van der Waals surface area contributed by atoms with Gasteiger partial charge in [-0.15, -0.1) is 0 Å². The maximum Gasteiger partial charge on any atom is 0.416 e. The predicted molar refractivity (Wildman–Crippen MR) is 92.4 cm³/mol. The highest BCUT2D eigenvalue weighted by Gasteiger charge is 2.31. The fourth-order valence-electron chi connectivity index (χ4n) is 2.72. The molecule has 0 amide bonds. The number of aromatic nitrogens is 1. The Bertz CT molecular complexity index is 1060. The molecule has 0 aliphatic rings. The number of aryl methyl sites for hydroxylation is 2. The van der Waals surface area contributed by atoms with Crippen LogP contribution in [0.25, 0.3) is 10.9 Å². The molecule has 1 aromatic heterocycles. The molecule has 25 heavy (non-hydrogen) atoms. The molecule has 0 spiro atoms. The molecule has 3 rings (SSSR count). The molecule has 3 nitrogen and oxygen atoms in total. The molecule has 0 aliphatic heterocycles. The monoisotopic (exact) mass is 431 g/mol. The van der Waals surface area contributed by atoms with Crippen LogP contribution in [0.4, 0.5) is 13.2 Å². The minimum Gasteiger partial charge on any atom is -0.345 e. The molecular weight excluding hydrogens is 419 g/mol. The van der Waals surface area contributed by atoms with Crippen molar-refractivity contribution >= 4 is 36.7 Å². The first kappa shape index (κ1) is 18.0. The lowest BCUT2D eigenvalue weighted by Crippen LogP contribution is -2.04. The number of fused-ring (bicyclic) bond motifs is 1. The van der Waals surface area contributed by atoms with Gasteiger partial charge in [0, 0.05) is 15.4 Å². The van der Waals surface area contributed by atoms with Gasteiger partial charge in [-0.3, -0.25) is 0 Å². The molecule has 132 valence electrons. The predicted octanol–water partition coefficient (Wildman–Crippen LogP) is 5.40. The molecule has 0 unspecified atom stereocenters. The van der Waals surface area contributed by atoms with Crippen molar-refractivity contribution in [1.82, 2.24) is 4.98 Å². The van der Waals surface area contributed by atoms with Crippen molar-refractivity contribution in [3.8, 4) is 0 Å². The van der Waals surface area contributed by atoms with Gasteiger partial charge in [0.1, 0.15) is 5.03 Å². The van der Waals surface area contributed by atoms with Crippen LogP contribution < -0.4 is 0 Å². The first-order chi connectivity index (χ1) is 11.5. The van der Waals surface area contributed by atoms with Crippen LogP contribution in [0.5, 0.6) is 0 Å². The maximum atomic E-state index is 12.9.